The van der Waals surface area contributed by atoms with Crippen molar-refractivity contribution in [3.63, 3.8) is 0 Å². The fourth-order valence-electron chi connectivity index (χ4n) is 1.46. The lowest BCUT2D eigenvalue weighted by Crippen LogP contribution is -2.19. The Morgan fingerprint density at radius 2 is 2.12 bits per heavy atom. The second kappa shape index (κ2) is 8.50. The molecule has 17 heavy (non-hydrogen) atoms. The quantitative estimate of drug-likeness (QED) is 0.749. The van der Waals surface area contributed by atoms with Gasteiger partial charge in [0.25, 0.3) is 0 Å². The largest absolute Gasteiger partial charge is 0.492 e. The minimum absolute atomic E-state index is 0.721. The molecule has 0 radical (unpaired) electrons. The first-order valence-corrected chi connectivity index (χ1v) is 6.68. The van der Waals surface area contributed by atoms with Crippen LogP contribution in [0.4, 0.5) is 0 Å². The first-order valence-electron chi connectivity index (χ1n) is 5.89. The minimum atomic E-state index is 0.721. The summed E-state index contributed by atoms with van der Waals surface area (Å²) in [6.45, 7) is 5.21. The zero-order valence-electron chi connectivity index (χ0n) is 10.5. The number of hydrogen-bond donors (Lipinski definition) is 1. The number of hydrogen-bond acceptors (Lipinski definition) is 3. The van der Waals surface area contributed by atoms with Crippen LogP contribution in [-0.4, -0.2) is 26.9 Å². The fourth-order valence-corrected chi connectivity index (χ4v) is 1.98. The molecule has 96 valence electrons. The first kappa shape index (κ1) is 14.5. The number of methoxy groups -OCH3 is 1. The van der Waals surface area contributed by atoms with Crippen LogP contribution >= 0.6 is 15.9 Å². The van der Waals surface area contributed by atoms with Crippen LogP contribution in [-0.2, 0) is 11.3 Å². The molecule has 4 heteroatoms. The second-order valence-corrected chi connectivity index (χ2v) is 4.60. The van der Waals surface area contributed by atoms with Crippen molar-refractivity contribution in [3.05, 3.63) is 28.2 Å². The maximum atomic E-state index is 5.76. The van der Waals surface area contributed by atoms with E-state index in [0.29, 0.717) is 0 Å². The molecule has 0 aliphatic carbocycles. The summed E-state index contributed by atoms with van der Waals surface area (Å²) >= 11 is 3.52. The zero-order chi connectivity index (χ0) is 12.5. The highest BCUT2D eigenvalue weighted by Crippen LogP contribution is 2.29. The van der Waals surface area contributed by atoms with Gasteiger partial charge in [0.05, 0.1) is 17.7 Å². The van der Waals surface area contributed by atoms with Gasteiger partial charge in [0, 0.05) is 25.8 Å². The van der Waals surface area contributed by atoms with Crippen molar-refractivity contribution in [1.82, 2.24) is 5.32 Å². The number of nitrogens with one attached hydrogen (secondary N) is 1. The summed E-state index contributed by atoms with van der Waals surface area (Å²) in [5, 5.41) is 3.32. The van der Waals surface area contributed by atoms with Crippen LogP contribution in [0.3, 0.4) is 0 Å². The molecule has 3 nitrogen and oxygen atoms in total. The average Bonchev–Trinajstić information content (AvgIpc) is 2.34. The van der Waals surface area contributed by atoms with Crippen LogP contribution in [0.2, 0.25) is 0 Å². The van der Waals surface area contributed by atoms with Gasteiger partial charge in [-0.1, -0.05) is 19.1 Å². The molecule has 0 atom stereocenters. The maximum absolute atomic E-state index is 5.76. The van der Waals surface area contributed by atoms with Crippen molar-refractivity contribution in [2.24, 2.45) is 0 Å². The summed E-state index contributed by atoms with van der Waals surface area (Å²) < 4.78 is 11.8. The Morgan fingerprint density at radius 3 is 2.82 bits per heavy atom. The highest BCUT2D eigenvalue weighted by molar-refractivity contribution is 9.10. The molecule has 1 rings (SSSR count). The van der Waals surface area contributed by atoms with Gasteiger partial charge in [-0.15, -0.1) is 0 Å². The summed E-state index contributed by atoms with van der Waals surface area (Å²) in [7, 11) is 1.70. The summed E-state index contributed by atoms with van der Waals surface area (Å²) in [5.41, 5.74) is 1.17. The van der Waals surface area contributed by atoms with Gasteiger partial charge in [-0.3, -0.25) is 0 Å². The van der Waals surface area contributed by atoms with Crippen molar-refractivity contribution < 1.29 is 9.47 Å². The molecule has 0 bridgehead atoms. The molecule has 1 N–H and O–H groups in total. The van der Waals surface area contributed by atoms with E-state index in [4.69, 9.17) is 9.47 Å². The maximum Gasteiger partial charge on any atom is 0.137 e. The predicted molar refractivity (Wildman–Crippen MR) is 73.5 cm³/mol. The van der Waals surface area contributed by atoms with Crippen LogP contribution in [0, 0.1) is 0 Å². The normalized spacial score (nSPS) is 10.5. The van der Waals surface area contributed by atoms with Gasteiger partial charge >= 0.3 is 0 Å². The summed E-state index contributed by atoms with van der Waals surface area (Å²) in [6, 6.07) is 6.11. The smallest absolute Gasteiger partial charge is 0.137 e. The lowest BCUT2D eigenvalue weighted by Gasteiger charge is -2.13. The Labute approximate surface area is 112 Å². The van der Waals surface area contributed by atoms with Gasteiger partial charge in [0.2, 0.25) is 0 Å². The van der Waals surface area contributed by atoms with Gasteiger partial charge in [-0.05, 0) is 28.4 Å². The number of benzene rings is 1. The third kappa shape index (κ3) is 5.06. The van der Waals surface area contributed by atoms with Crippen LogP contribution in [0.25, 0.3) is 0 Å². The molecule has 1 aromatic carbocycles. The number of halogens is 1. The second-order valence-electron chi connectivity index (χ2n) is 3.75. The van der Waals surface area contributed by atoms with Crippen molar-refractivity contribution in [1.29, 1.82) is 0 Å². The Balaban J connectivity index is 2.59. The van der Waals surface area contributed by atoms with E-state index < -0.39 is 0 Å². The molecule has 0 unspecified atom stereocenters. The molecule has 0 saturated heterocycles. The molecular weight excluding hydrogens is 282 g/mol. The lowest BCUT2D eigenvalue weighted by molar-refractivity contribution is 0.199. The Hall–Kier alpha value is -0.580. The van der Waals surface area contributed by atoms with Crippen molar-refractivity contribution in [2.75, 3.05) is 26.9 Å². The van der Waals surface area contributed by atoms with Gasteiger partial charge < -0.3 is 14.8 Å². The minimum Gasteiger partial charge on any atom is -0.492 e. The predicted octanol–water partition coefficient (Wildman–Crippen LogP) is 2.97. The molecule has 0 aromatic heterocycles. The van der Waals surface area contributed by atoms with E-state index in [-0.39, 0.29) is 0 Å². The van der Waals surface area contributed by atoms with Gasteiger partial charge in [-0.25, -0.2) is 0 Å². The molecule has 0 aliphatic heterocycles. The summed E-state index contributed by atoms with van der Waals surface area (Å²) in [6.07, 6.45) is 1.01. The summed E-state index contributed by atoms with van der Waals surface area (Å²) in [5.74, 6) is 0.944. The Morgan fingerprint density at radius 1 is 1.29 bits per heavy atom. The first-order chi connectivity index (χ1) is 8.29. The number of ether oxygens (including phenoxy) is 2. The highest BCUT2D eigenvalue weighted by atomic mass is 79.9. The molecule has 0 amide bonds. The molecule has 0 spiro atoms. The Bertz CT molecular complexity index is 331. The molecule has 0 heterocycles. The molecule has 1 aromatic rings. The third-order valence-corrected chi connectivity index (χ3v) is 2.92. The fraction of sp³-hybridized carbons (Fsp3) is 0.538. The SMILES string of the molecule is CCCOc1c(Br)cccc1CNCCOC. The van der Waals surface area contributed by atoms with Crippen LogP contribution in [0.5, 0.6) is 5.75 Å². The van der Waals surface area contributed by atoms with E-state index in [0.717, 1.165) is 42.9 Å². The van der Waals surface area contributed by atoms with Gasteiger partial charge in [-0.2, -0.15) is 0 Å². The monoisotopic (exact) mass is 301 g/mol. The Kier molecular flexibility index (Phi) is 7.24. The highest BCUT2D eigenvalue weighted by Gasteiger charge is 2.07. The van der Waals surface area contributed by atoms with Gasteiger partial charge in [0.1, 0.15) is 5.75 Å². The molecule has 0 aliphatic rings. The zero-order valence-corrected chi connectivity index (χ0v) is 12.0. The van der Waals surface area contributed by atoms with Crippen molar-refractivity contribution >= 4 is 15.9 Å². The number of rotatable bonds is 8. The lowest BCUT2D eigenvalue weighted by atomic mass is 10.2. The summed E-state index contributed by atoms with van der Waals surface area (Å²) in [4.78, 5) is 0. The van der Waals surface area contributed by atoms with E-state index in [1.807, 2.05) is 12.1 Å². The van der Waals surface area contributed by atoms with E-state index >= 15 is 0 Å². The van der Waals surface area contributed by atoms with Crippen LogP contribution < -0.4 is 10.1 Å². The standard InChI is InChI=1S/C13H20BrNO2/c1-3-8-17-13-11(5-4-6-12(13)14)10-15-7-9-16-2/h4-6,15H,3,7-10H2,1-2H3. The van der Waals surface area contributed by atoms with Gasteiger partial charge in [0.15, 0.2) is 0 Å². The number of para-hydroxylation sites is 1. The van der Waals surface area contributed by atoms with Crippen molar-refractivity contribution in [3.8, 4) is 5.75 Å². The van der Waals surface area contributed by atoms with Crippen molar-refractivity contribution in [2.45, 2.75) is 19.9 Å². The average molecular weight is 302 g/mol. The van der Waals surface area contributed by atoms with Crippen LogP contribution in [0.15, 0.2) is 22.7 Å². The van der Waals surface area contributed by atoms with E-state index in [2.05, 4.69) is 34.2 Å². The van der Waals surface area contributed by atoms with E-state index in [1.165, 1.54) is 5.56 Å². The third-order valence-electron chi connectivity index (χ3n) is 2.30. The molecular formula is C13H20BrNO2. The topological polar surface area (TPSA) is 30.5 Å². The van der Waals surface area contributed by atoms with E-state index in [9.17, 15) is 0 Å². The molecule has 0 fully saturated rings. The molecule has 0 saturated carbocycles. The van der Waals surface area contributed by atoms with Crippen LogP contribution in [0.1, 0.15) is 18.9 Å². The van der Waals surface area contributed by atoms with E-state index in [1.54, 1.807) is 7.11 Å².